The number of fused-ring (bicyclic) bond motifs is 1. The predicted octanol–water partition coefficient (Wildman–Crippen LogP) is 4.94. The molecule has 0 fully saturated rings. The number of benzene rings is 1. The average molecular weight is 600 g/mol. The number of nitriles is 1. The Morgan fingerprint density at radius 1 is 1.37 bits per heavy atom. The number of nitrogens with one attached hydrogen (secondary N) is 1. The van der Waals surface area contributed by atoms with Crippen LogP contribution in [0.25, 0.3) is 0 Å². The fraction of sp³-hybridized carbons (Fsp3) is 0.321. The van der Waals surface area contributed by atoms with Gasteiger partial charge >= 0.3 is 11.9 Å². The first-order valence-corrected chi connectivity index (χ1v) is 14.1. The van der Waals surface area contributed by atoms with E-state index in [-0.39, 0.29) is 36.6 Å². The number of nitrogens with zero attached hydrogens (tertiary/aromatic N) is 4. The normalized spacial score (nSPS) is 18.3. The highest BCUT2D eigenvalue weighted by molar-refractivity contribution is 7.11. The number of aliphatic carboxylic acids is 1. The molecule has 41 heavy (non-hydrogen) atoms. The Hall–Kier alpha value is -4.08. The maximum atomic E-state index is 14.6. The standard InChI is InChI=1S/C28H24ClF2N5O4S/c1-2-40-28(39)21-24(14-3-4-16-15(11-14)13-36(19(16)12-32)9-7-20(37)38)34-26(27-33-8-10-41-27)35-25(21)17-5-6-18(30)23(31)22(17)29/h5-6,8,10,13-14,25H,2-4,7,9,11H2,1H3,(H,34,35)(H,37,38). The van der Waals surface area contributed by atoms with Gasteiger partial charge in [-0.15, -0.1) is 11.3 Å². The monoisotopic (exact) mass is 599 g/mol. The number of carboxylic acids is 1. The molecule has 1 aliphatic carbocycles. The Balaban J connectivity index is 1.63. The topological polar surface area (TPSA) is 130 Å². The van der Waals surface area contributed by atoms with Crippen molar-refractivity contribution in [1.82, 2.24) is 14.9 Å². The number of halogens is 3. The molecule has 0 saturated carbocycles. The highest BCUT2D eigenvalue weighted by Crippen LogP contribution is 2.42. The van der Waals surface area contributed by atoms with Gasteiger partial charge in [0, 0.05) is 41.5 Å². The molecule has 2 aromatic heterocycles. The number of aliphatic imine (C=N–C) groups is 1. The Bertz CT molecular complexity index is 1630. The van der Waals surface area contributed by atoms with E-state index in [4.69, 9.17) is 26.4 Å². The number of hydrogen-bond acceptors (Lipinski definition) is 8. The van der Waals surface area contributed by atoms with Crippen molar-refractivity contribution >= 4 is 40.7 Å². The van der Waals surface area contributed by atoms with Gasteiger partial charge < -0.3 is 19.7 Å². The van der Waals surface area contributed by atoms with Gasteiger partial charge in [0.25, 0.3) is 0 Å². The van der Waals surface area contributed by atoms with Crippen LogP contribution in [0.3, 0.4) is 0 Å². The molecule has 2 atom stereocenters. The number of esters is 1. The van der Waals surface area contributed by atoms with Gasteiger partial charge in [-0.3, -0.25) is 9.79 Å². The van der Waals surface area contributed by atoms with Crippen LogP contribution in [0.4, 0.5) is 8.78 Å². The summed E-state index contributed by atoms with van der Waals surface area (Å²) in [7, 11) is 0. The Morgan fingerprint density at radius 3 is 2.85 bits per heavy atom. The van der Waals surface area contributed by atoms with E-state index in [0.29, 0.717) is 41.5 Å². The van der Waals surface area contributed by atoms with Gasteiger partial charge in [-0.1, -0.05) is 17.7 Å². The van der Waals surface area contributed by atoms with Crippen molar-refractivity contribution in [2.24, 2.45) is 10.9 Å². The summed E-state index contributed by atoms with van der Waals surface area (Å²) in [5.41, 5.74) is 2.85. The number of thiazole rings is 1. The third-order valence-corrected chi connectivity index (χ3v) is 8.29. The molecular weight excluding hydrogens is 576 g/mol. The third-order valence-electron chi connectivity index (χ3n) is 7.13. The van der Waals surface area contributed by atoms with Gasteiger partial charge in [-0.2, -0.15) is 5.26 Å². The molecular formula is C28H24ClF2N5O4S. The van der Waals surface area contributed by atoms with Crippen LogP contribution in [0.15, 0.2) is 46.2 Å². The molecule has 0 radical (unpaired) electrons. The number of aryl methyl sites for hydroxylation is 1. The molecule has 0 amide bonds. The van der Waals surface area contributed by atoms with Crippen molar-refractivity contribution in [1.29, 1.82) is 5.26 Å². The molecule has 212 valence electrons. The molecule has 0 saturated heterocycles. The number of aromatic nitrogens is 2. The van der Waals surface area contributed by atoms with Crippen molar-refractivity contribution in [2.45, 2.75) is 45.2 Å². The van der Waals surface area contributed by atoms with Crippen LogP contribution >= 0.6 is 22.9 Å². The lowest BCUT2D eigenvalue weighted by atomic mass is 9.80. The lowest BCUT2D eigenvalue weighted by Gasteiger charge is -2.33. The van der Waals surface area contributed by atoms with Crippen LogP contribution in [0.5, 0.6) is 0 Å². The number of carbonyl (C=O) groups is 2. The number of rotatable bonds is 8. The minimum absolute atomic E-state index is 0.0731. The quantitative estimate of drug-likeness (QED) is 0.277. The Kier molecular flexibility index (Phi) is 8.19. The van der Waals surface area contributed by atoms with Gasteiger partial charge in [-0.25, -0.2) is 18.6 Å². The fourth-order valence-corrected chi connectivity index (χ4v) is 6.16. The second-order valence-electron chi connectivity index (χ2n) is 9.53. The number of allylic oxidation sites excluding steroid dienone is 1. The molecule has 13 heteroatoms. The highest BCUT2D eigenvalue weighted by Gasteiger charge is 2.39. The van der Waals surface area contributed by atoms with E-state index < -0.39 is 34.6 Å². The molecule has 0 bridgehead atoms. The molecule has 2 N–H and O–H groups in total. The SMILES string of the molecule is CCOC(=O)C1=C(C2CCc3c(cn(CCC(=O)O)c3C#N)C2)NC(c2nccs2)=NC1c1ccc(F)c(F)c1Cl. The highest BCUT2D eigenvalue weighted by atomic mass is 35.5. The van der Waals surface area contributed by atoms with E-state index in [0.717, 1.165) is 17.2 Å². The lowest BCUT2D eigenvalue weighted by molar-refractivity contribution is -0.139. The van der Waals surface area contributed by atoms with Crippen LogP contribution in [0, 0.1) is 28.9 Å². The van der Waals surface area contributed by atoms with Crippen molar-refractivity contribution in [3.05, 3.63) is 85.2 Å². The maximum Gasteiger partial charge on any atom is 0.338 e. The second kappa shape index (κ2) is 11.8. The fourth-order valence-electron chi connectivity index (χ4n) is 5.31. The van der Waals surface area contributed by atoms with Crippen molar-refractivity contribution in [2.75, 3.05) is 6.61 Å². The van der Waals surface area contributed by atoms with Crippen LogP contribution in [0.1, 0.15) is 53.2 Å². The van der Waals surface area contributed by atoms with Gasteiger partial charge in [0.15, 0.2) is 22.5 Å². The van der Waals surface area contributed by atoms with E-state index in [1.165, 1.54) is 17.4 Å². The molecule has 9 nitrogen and oxygen atoms in total. The van der Waals surface area contributed by atoms with Gasteiger partial charge in [0.05, 0.1) is 23.6 Å². The Morgan fingerprint density at radius 2 is 2.17 bits per heavy atom. The molecule has 2 aliphatic rings. The average Bonchev–Trinajstić information content (AvgIpc) is 3.62. The summed E-state index contributed by atoms with van der Waals surface area (Å²) >= 11 is 7.58. The zero-order chi connectivity index (χ0) is 29.3. The zero-order valence-electron chi connectivity index (χ0n) is 21.8. The number of ether oxygens (including phenoxy) is 1. The predicted molar refractivity (Wildman–Crippen MR) is 146 cm³/mol. The van der Waals surface area contributed by atoms with Crippen LogP contribution < -0.4 is 5.32 Å². The first-order chi connectivity index (χ1) is 19.7. The summed E-state index contributed by atoms with van der Waals surface area (Å²) in [5.74, 6) is -3.95. The zero-order valence-corrected chi connectivity index (χ0v) is 23.4. The van der Waals surface area contributed by atoms with E-state index >= 15 is 0 Å². The van der Waals surface area contributed by atoms with Crippen LogP contribution in [-0.4, -0.2) is 39.0 Å². The van der Waals surface area contributed by atoms with E-state index in [1.807, 2.05) is 0 Å². The number of amidine groups is 1. The minimum Gasteiger partial charge on any atom is -0.481 e. The summed E-state index contributed by atoms with van der Waals surface area (Å²) in [6.07, 6.45) is 4.73. The summed E-state index contributed by atoms with van der Waals surface area (Å²) < 4.78 is 35.7. The van der Waals surface area contributed by atoms with E-state index in [2.05, 4.69) is 16.4 Å². The van der Waals surface area contributed by atoms with E-state index in [9.17, 15) is 23.6 Å². The molecule has 3 aromatic rings. The minimum atomic E-state index is -1.24. The van der Waals surface area contributed by atoms with Gasteiger partial charge in [0.1, 0.15) is 17.8 Å². The largest absolute Gasteiger partial charge is 0.481 e. The smallest absolute Gasteiger partial charge is 0.338 e. The van der Waals surface area contributed by atoms with Gasteiger partial charge in [-0.05, 0) is 43.4 Å². The number of carboxylic acid groups (broad SMARTS) is 1. The van der Waals surface area contributed by atoms with Crippen molar-refractivity contribution in [3.63, 3.8) is 0 Å². The van der Waals surface area contributed by atoms with E-state index in [1.54, 1.807) is 29.3 Å². The lowest BCUT2D eigenvalue weighted by Crippen LogP contribution is -2.38. The third kappa shape index (κ3) is 5.47. The Labute approximate surface area is 242 Å². The van der Waals surface area contributed by atoms with Gasteiger partial charge in [0.2, 0.25) is 0 Å². The first-order valence-electron chi connectivity index (χ1n) is 12.8. The molecule has 0 spiro atoms. The van der Waals surface area contributed by atoms with Crippen LogP contribution in [-0.2, 0) is 33.7 Å². The van der Waals surface area contributed by atoms with Crippen molar-refractivity contribution in [3.8, 4) is 6.07 Å². The second-order valence-corrected chi connectivity index (χ2v) is 10.8. The van der Waals surface area contributed by atoms with Crippen molar-refractivity contribution < 1.29 is 28.2 Å². The number of carbonyl (C=O) groups excluding carboxylic acids is 1. The summed E-state index contributed by atoms with van der Waals surface area (Å²) in [5, 5.41) is 24.0. The number of hydrogen-bond donors (Lipinski definition) is 2. The molecule has 1 aromatic carbocycles. The molecule has 1 aliphatic heterocycles. The maximum absolute atomic E-state index is 14.6. The molecule has 3 heterocycles. The summed E-state index contributed by atoms with van der Waals surface area (Å²) in [6, 6.07) is 3.33. The first kappa shape index (κ1) is 28.4. The molecule has 2 unspecified atom stereocenters. The van der Waals surface area contributed by atoms with Crippen LogP contribution in [0.2, 0.25) is 5.02 Å². The summed E-state index contributed by atoms with van der Waals surface area (Å²) in [4.78, 5) is 33.6. The molecule has 5 rings (SSSR count). The summed E-state index contributed by atoms with van der Waals surface area (Å²) in [6.45, 7) is 1.89.